The molecule has 1 aromatic carbocycles. The number of rotatable bonds is 3. The number of aromatic nitrogens is 2. The Morgan fingerprint density at radius 3 is 2.67 bits per heavy atom. The van der Waals surface area contributed by atoms with E-state index in [4.69, 9.17) is 10.5 Å². The number of ether oxygens (including phenoxy) is 1. The van der Waals surface area contributed by atoms with Crippen LogP contribution in [0.15, 0.2) is 30.3 Å². The Labute approximate surface area is 105 Å². The molecule has 2 aromatic rings. The van der Waals surface area contributed by atoms with E-state index in [1.54, 1.807) is 37.3 Å². The van der Waals surface area contributed by atoms with Gasteiger partial charge in [-0.25, -0.2) is 4.98 Å². The summed E-state index contributed by atoms with van der Waals surface area (Å²) >= 11 is 0. The Hall–Kier alpha value is -2.43. The smallest absolute Gasteiger partial charge is 0.248 e. The fourth-order valence-corrected chi connectivity index (χ4v) is 1.57. The average Bonchev–Trinajstić information content (AvgIpc) is 2.27. The second-order valence-electron chi connectivity index (χ2n) is 3.89. The molecular formula is C13H13N3O2. The van der Waals surface area contributed by atoms with E-state index in [1.165, 1.54) is 0 Å². The molecule has 0 spiro atoms. The molecule has 0 aliphatic rings. The third-order valence-corrected chi connectivity index (χ3v) is 2.28. The van der Waals surface area contributed by atoms with Crippen LogP contribution in [0.1, 0.15) is 21.9 Å². The molecule has 18 heavy (non-hydrogen) atoms. The molecule has 5 heteroatoms. The number of nitrogens with zero attached hydrogens (tertiary/aromatic N) is 2. The second kappa shape index (κ2) is 4.83. The fourth-order valence-electron chi connectivity index (χ4n) is 1.57. The lowest BCUT2D eigenvalue weighted by molar-refractivity contribution is 0.1000. The zero-order valence-corrected chi connectivity index (χ0v) is 10.2. The Kier molecular flexibility index (Phi) is 3.23. The minimum atomic E-state index is -0.490. The van der Waals surface area contributed by atoms with Crippen LogP contribution >= 0.6 is 0 Å². The number of hydrogen-bond donors (Lipinski definition) is 1. The number of carbonyl (C=O) groups excluding carboxylic acids is 1. The van der Waals surface area contributed by atoms with Gasteiger partial charge in [-0.1, -0.05) is 6.07 Å². The van der Waals surface area contributed by atoms with Crippen LogP contribution in [0.3, 0.4) is 0 Å². The lowest BCUT2D eigenvalue weighted by Gasteiger charge is -2.06. The van der Waals surface area contributed by atoms with Gasteiger partial charge >= 0.3 is 0 Å². The largest absolute Gasteiger partial charge is 0.439 e. The van der Waals surface area contributed by atoms with Crippen LogP contribution in [0.5, 0.6) is 11.6 Å². The van der Waals surface area contributed by atoms with Gasteiger partial charge in [0.25, 0.3) is 0 Å². The number of hydrogen-bond acceptors (Lipinski definition) is 4. The standard InChI is InChI=1S/C13H13N3O2/c1-8-6-12(16-9(2)15-8)18-11-5-3-4-10(7-11)13(14)17/h3-7H,1-2H3,(H2,14,17). The van der Waals surface area contributed by atoms with Crippen LogP contribution in [0, 0.1) is 13.8 Å². The van der Waals surface area contributed by atoms with Gasteiger partial charge in [-0.2, -0.15) is 4.98 Å². The molecule has 0 saturated carbocycles. The molecule has 92 valence electrons. The van der Waals surface area contributed by atoms with Crippen LogP contribution < -0.4 is 10.5 Å². The summed E-state index contributed by atoms with van der Waals surface area (Å²) in [5.41, 5.74) is 6.43. The summed E-state index contributed by atoms with van der Waals surface area (Å²) in [6.07, 6.45) is 0. The van der Waals surface area contributed by atoms with Crippen molar-refractivity contribution >= 4 is 5.91 Å². The Bertz CT molecular complexity index is 576. The molecule has 1 aromatic heterocycles. The third-order valence-electron chi connectivity index (χ3n) is 2.28. The van der Waals surface area contributed by atoms with Gasteiger partial charge in [0, 0.05) is 17.3 Å². The number of nitrogens with two attached hydrogens (primary N) is 1. The van der Waals surface area contributed by atoms with Crippen LogP contribution in [-0.4, -0.2) is 15.9 Å². The molecule has 2 rings (SSSR count). The molecule has 0 unspecified atom stereocenters. The lowest BCUT2D eigenvalue weighted by atomic mass is 10.2. The van der Waals surface area contributed by atoms with Crippen molar-refractivity contribution in [3.05, 3.63) is 47.4 Å². The van der Waals surface area contributed by atoms with E-state index < -0.39 is 5.91 Å². The summed E-state index contributed by atoms with van der Waals surface area (Å²) in [5, 5.41) is 0. The minimum absolute atomic E-state index is 0.398. The summed E-state index contributed by atoms with van der Waals surface area (Å²) in [7, 11) is 0. The van der Waals surface area contributed by atoms with Gasteiger partial charge in [0.05, 0.1) is 0 Å². The molecule has 0 aliphatic carbocycles. The first kappa shape index (κ1) is 12.0. The first-order valence-electron chi connectivity index (χ1n) is 5.44. The van der Waals surface area contributed by atoms with E-state index in [0.29, 0.717) is 23.0 Å². The predicted molar refractivity (Wildman–Crippen MR) is 66.5 cm³/mol. The van der Waals surface area contributed by atoms with Crippen LogP contribution in [0.4, 0.5) is 0 Å². The molecule has 0 fully saturated rings. The van der Waals surface area contributed by atoms with Crippen LogP contribution in [0.25, 0.3) is 0 Å². The first-order valence-corrected chi connectivity index (χ1v) is 5.44. The van der Waals surface area contributed by atoms with Gasteiger partial charge in [0.2, 0.25) is 11.8 Å². The van der Waals surface area contributed by atoms with E-state index in [2.05, 4.69) is 9.97 Å². The van der Waals surface area contributed by atoms with Gasteiger partial charge in [0.15, 0.2) is 0 Å². The normalized spacial score (nSPS) is 10.1. The maximum Gasteiger partial charge on any atom is 0.248 e. The predicted octanol–water partition coefficient (Wildman–Crippen LogP) is 1.98. The summed E-state index contributed by atoms with van der Waals surface area (Å²) in [6.45, 7) is 3.65. The van der Waals surface area contributed by atoms with Crippen molar-refractivity contribution in [1.82, 2.24) is 9.97 Å². The maximum atomic E-state index is 11.1. The van der Waals surface area contributed by atoms with Crippen molar-refractivity contribution in [2.75, 3.05) is 0 Å². The molecular weight excluding hydrogens is 230 g/mol. The number of carbonyl (C=O) groups is 1. The van der Waals surface area contributed by atoms with Gasteiger partial charge in [-0.3, -0.25) is 4.79 Å². The first-order chi connectivity index (χ1) is 8.54. The molecule has 0 atom stereocenters. The summed E-state index contributed by atoms with van der Waals surface area (Å²) in [6, 6.07) is 8.38. The molecule has 0 radical (unpaired) electrons. The van der Waals surface area contributed by atoms with E-state index in [-0.39, 0.29) is 0 Å². The SMILES string of the molecule is Cc1cc(Oc2cccc(C(N)=O)c2)nc(C)n1. The molecule has 1 heterocycles. The highest BCUT2D eigenvalue weighted by atomic mass is 16.5. The molecule has 0 bridgehead atoms. The monoisotopic (exact) mass is 243 g/mol. The molecule has 5 nitrogen and oxygen atoms in total. The minimum Gasteiger partial charge on any atom is -0.439 e. The van der Waals surface area contributed by atoms with E-state index in [0.717, 1.165) is 5.69 Å². The fraction of sp³-hybridized carbons (Fsp3) is 0.154. The van der Waals surface area contributed by atoms with Crippen molar-refractivity contribution < 1.29 is 9.53 Å². The summed E-state index contributed by atoms with van der Waals surface area (Å²) in [5.74, 6) is 1.11. The van der Waals surface area contributed by atoms with Crippen molar-refractivity contribution in [2.24, 2.45) is 5.73 Å². The van der Waals surface area contributed by atoms with E-state index in [9.17, 15) is 4.79 Å². The van der Waals surface area contributed by atoms with Gasteiger partial charge < -0.3 is 10.5 Å². The molecule has 2 N–H and O–H groups in total. The van der Waals surface area contributed by atoms with Crippen LogP contribution in [0.2, 0.25) is 0 Å². The van der Waals surface area contributed by atoms with E-state index in [1.807, 2.05) is 6.92 Å². The average molecular weight is 243 g/mol. The topological polar surface area (TPSA) is 78.1 Å². The highest BCUT2D eigenvalue weighted by molar-refractivity contribution is 5.93. The zero-order valence-electron chi connectivity index (χ0n) is 10.2. The molecule has 1 amide bonds. The van der Waals surface area contributed by atoms with Crippen molar-refractivity contribution in [1.29, 1.82) is 0 Å². The Morgan fingerprint density at radius 2 is 2.00 bits per heavy atom. The van der Waals surface area contributed by atoms with Gasteiger partial charge in [-0.15, -0.1) is 0 Å². The van der Waals surface area contributed by atoms with Gasteiger partial charge in [0.1, 0.15) is 11.6 Å². The summed E-state index contributed by atoms with van der Waals surface area (Å²) < 4.78 is 5.57. The summed E-state index contributed by atoms with van der Waals surface area (Å²) in [4.78, 5) is 19.4. The maximum absolute atomic E-state index is 11.1. The Morgan fingerprint density at radius 1 is 1.22 bits per heavy atom. The number of primary amides is 1. The number of benzene rings is 1. The van der Waals surface area contributed by atoms with Crippen molar-refractivity contribution in [3.63, 3.8) is 0 Å². The van der Waals surface area contributed by atoms with E-state index >= 15 is 0 Å². The lowest BCUT2D eigenvalue weighted by Crippen LogP contribution is -2.10. The molecule has 0 aliphatic heterocycles. The number of amides is 1. The highest BCUT2D eigenvalue weighted by Gasteiger charge is 2.05. The quantitative estimate of drug-likeness (QED) is 0.894. The molecule has 0 saturated heterocycles. The van der Waals surface area contributed by atoms with Crippen molar-refractivity contribution in [2.45, 2.75) is 13.8 Å². The van der Waals surface area contributed by atoms with Gasteiger partial charge in [-0.05, 0) is 32.0 Å². The number of aryl methyl sites for hydroxylation is 2. The third kappa shape index (κ3) is 2.82. The zero-order chi connectivity index (χ0) is 13.1. The Balaban J connectivity index is 2.28. The van der Waals surface area contributed by atoms with Crippen LogP contribution in [-0.2, 0) is 0 Å². The second-order valence-corrected chi connectivity index (χ2v) is 3.89. The van der Waals surface area contributed by atoms with Crippen molar-refractivity contribution in [3.8, 4) is 11.6 Å². The highest BCUT2D eigenvalue weighted by Crippen LogP contribution is 2.20.